The molecule has 0 aliphatic carbocycles. The summed E-state index contributed by atoms with van der Waals surface area (Å²) in [7, 11) is 2.07. The molecule has 9 nitrogen and oxygen atoms in total. The molecule has 3 N–H and O–H groups in total. The van der Waals surface area contributed by atoms with Gasteiger partial charge in [-0.05, 0) is 32.0 Å². The van der Waals surface area contributed by atoms with Gasteiger partial charge in [0.05, 0.1) is 6.04 Å². The molecule has 3 aliphatic heterocycles. The molecule has 4 amide bonds. The average molecular weight is 429 g/mol. The van der Waals surface area contributed by atoms with E-state index in [-0.39, 0.29) is 36.0 Å². The van der Waals surface area contributed by atoms with Crippen LogP contribution in [0.15, 0.2) is 30.3 Å². The standard InChI is InChI=1S/C22H32N6O3/c1-26-9-11-27(12-10-26)20(29)8-7-18-14-23-21(30)19-13-17(15-28(18)19)25-22(31)24-16-5-3-2-4-6-16/h2-6,17-19H,7-15H2,1H3,(H,23,30)(H2,24,25,31)/t17-,18+,19-/m0/s1. The number of hydrogen-bond acceptors (Lipinski definition) is 5. The van der Waals surface area contributed by atoms with Gasteiger partial charge < -0.3 is 25.8 Å². The summed E-state index contributed by atoms with van der Waals surface area (Å²) in [5.41, 5.74) is 0.730. The van der Waals surface area contributed by atoms with Crippen molar-refractivity contribution in [1.29, 1.82) is 0 Å². The Bertz CT molecular complexity index is 796. The van der Waals surface area contributed by atoms with Gasteiger partial charge in [-0.2, -0.15) is 0 Å². The Labute approximate surface area is 183 Å². The highest BCUT2D eigenvalue weighted by molar-refractivity contribution is 5.89. The summed E-state index contributed by atoms with van der Waals surface area (Å²) in [5, 5.41) is 8.81. The zero-order valence-corrected chi connectivity index (χ0v) is 18.0. The lowest BCUT2D eigenvalue weighted by atomic mass is 10.0. The minimum atomic E-state index is -0.266. The number of likely N-dealkylation sites (N-methyl/N-ethyl adjacent to an activating group) is 1. The van der Waals surface area contributed by atoms with Crippen LogP contribution >= 0.6 is 0 Å². The van der Waals surface area contributed by atoms with Crippen LogP contribution in [0.2, 0.25) is 0 Å². The highest BCUT2D eigenvalue weighted by Gasteiger charge is 2.43. The van der Waals surface area contributed by atoms with E-state index in [2.05, 4.69) is 32.8 Å². The number of carbonyl (C=O) groups is 3. The molecule has 1 aromatic rings. The molecule has 3 fully saturated rings. The number of nitrogens with zero attached hydrogens (tertiary/aromatic N) is 3. The first-order valence-corrected chi connectivity index (χ1v) is 11.1. The SMILES string of the molecule is CN1CCN(C(=O)CC[C@@H]2CNC(=O)[C@@H]3C[C@H](NC(=O)Nc4ccccc4)CN23)CC1. The second-order valence-electron chi connectivity index (χ2n) is 8.73. The van der Waals surface area contributed by atoms with Crippen LogP contribution in [0.1, 0.15) is 19.3 Å². The number of amides is 4. The third-order valence-corrected chi connectivity index (χ3v) is 6.54. The molecule has 0 bridgehead atoms. The first-order valence-electron chi connectivity index (χ1n) is 11.1. The number of anilines is 1. The number of piperazine rings is 2. The van der Waals surface area contributed by atoms with E-state index in [1.54, 1.807) is 0 Å². The molecule has 4 rings (SSSR count). The molecule has 3 atom stereocenters. The fraction of sp³-hybridized carbons (Fsp3) is 0.591. The van der Waals surface area contributed by atoms with Gasteiger partial charge in [0.15, 0.2) is 0 Å². The van der Waals surface area contributed by atoms with E-state index in [1.165, 1.54) is 0 Å². The van der Waals surface area contributed by atoms with Crippen molar-refractivity contribution in [2.24, 2.45) is 0 Å². The Morgan fingerprint density at radius 2 is 1.87 bits per heavy atom. The zero-order chi connectivity index (χ0) is 21.8. The van der Waals surface area contributed by atoms with Gasteiger partial charge in [0.25, 0.3) is 0 Å². The van der Waals surface area contributed by atoms with Crippen molar-refractivity contribution in [3.05, 3.63) is 30.3 Å². The van der Waals surface area contributed by atoms with Crippen molar-refractivity contribution in [3.63, 3.8) is 0 Å². The molecule has 31 heavy (non-hydrogen) atoms. The fourth-order valence-electron chi connectivity index (χ4n) is 4.73. The number of rotatable bonds is 5. The van der Waals surface area contributed by atoms with Gasteiger partial charge in [-0.15, -0.1) is 0 Å². The van der Waals surface area contributed by atoms with Gasteiger partial charge in [0.1, 0.15) is 0 Å². The van der Waals surface area contributed by atoms with Crippen LogP contribution in [0.4, 0.5) is 10.5 Å². The van der Waals surface area contributed by atoms with Crippen molar-refractivity contribution in [2.45, 2.75) is 37.4 Å². The maximum absolute atomic E-state index is 12.6. The molecule has 0 saturated carbocycles. The second kappa shape index (κ2) is 9.65. The molecule has 3 saturated heterocycles. The van der Waals surface area contributed by atoms with Gasteiger partial charge >= 0.3 is 6.03 Å². The summed E-state index contributed by atoms with van der Waals surface area (Å²) in [5.74, 6) is 0.201. The molecular formula is C22H32N6O3. The van der Waals surface area contributed by atoms with Crippen molar-refractivity contribution in [1.82, 2.24) is 25.3 Å². The van der Waals surface area contributed by atoms with Crippen LogP contribution in [0, 0.1) is 0 Å². The van der Waals surface area contributed by atoms with E-state index in [4.69, 9.17) is 0 Å². The zero-order valence-electron chi connectivity index (χ0n) is 18.0. The molecule has 1 aromatic carbocycles. The smallest absolute Gasteiger partial charge is 0.319 e. The molecule has 3 heterocycles. The van der Waals surface area contributed by atoms with Crippen molar-refractivity contribution < 1.29 is 14.4 Å². The Morgan fingerprint density at radius 3 is 2.61 bits per heavy atom. The van der Waals surface area contributed by atoms with Gasteiger partial charge in [-0.25, -0.2) is 4.79 Å². The number of fused-ring (bicyclic) bond motifs is 1. The lowest BCUT2D eigenvalue weighted by Gasteiger charge is -2.38. The van der Waals surface area contributed by atoms with Crippen LogP contribution in [-0.4, -0.2) is 97.0 Å². The molecule has 0 unspecified atom stereocenters. The Kier molecular flexibility index (Phi) is 6.72. The first-order chi connectivity index (χ1) is 15.0. The van der Waals surface area contributed by atoms with E-state index in [9.17, 15) is 14.4 Å². The van der Waals surface area contributed by atoms with Gasteiger partial charge in [-0.1, -0.05) is 18.2 Å². The lowest BCUT2D eigenvalue weighted by Crippen LogP contribution is -2.58. The first kappa shape index (κ1) is 21.6. The molecule has 0 spiro atoms. The molecule has 3 aliphatic rings. The predicted octanol–water partition coefficient (Wildman–Crippen LogP) is 0.304. The number of urea groups is 1. The normalized spacial score (nSPS) is 26.8. The third kappa shape index (κ3) is 5.34. The largest absolute Gasteiger partial charge is 0.353 e. The summed E-state index contributed by atoms with van der Waals surface area (Å²) in [6.45, 7) is 4.56. The van der Waals surface area contributed by atoms with Crippen LogP contribution in [-0.2, 0) is 9.59 Å². The van der Waals surface area contributed by atoms with E-state index in [1.807, 2.05) is 35.2 Å². The van der Waals surface area contributed by atoms with E-state index < -0.39 is 0 Å². The summed E-state index contributed by atoms with van der Waals surface area (Å²) < 4.78 is 0. The topological polar surface area (TPSA) is 97.0 Å². The number of carbonyl (C=O) groups excluding carboxylic acids is 3. The quantitative estimate of drug-likeness (QED) is 0.627. The van der Waals surface area contributed by atoms with Crippen LogP contribution in [0.3, 0.4) is 0 Å². The van der Waals surface area contributed by atoms with Crippen LogP contribution in [0.5, 0.6) is 0 Å². The van der Waals surface area contributed by atoms with E-state index in [0.29, 0.717) is 32.4 Å². The van der Waals surface area contributed by atoms with Gasteiger partial charge in [0.2, 0.25) is 11.8 Å². The molecule has 168 valence electrons. The van der Waals surface area contributed by atoms with Crippen molar-refractivity contribution in [2.75, 3.05) is 51.6 Å². The molecule has 0 radical (unpaired) electrons. The summed E-state index contributed by atoms with van der Waals surface area (Å²) in [6.07, 6.45) is 1.78. The Hall–Kier alpha value is -2.65. The minimum Gasteiger partial charge on any atom is -0.353 e. The van der Waals surface area contributed by atoms with Gasteiger partial charge in [0, 0.05) is 63.5 Å². The number of hydrogen-bond donors (Lipinski definition) is 3. The Morgan fingerprint density at radius 1 is 1.13 bits per heavy atom. The Balaban J connectivity index is 1.28. The summed E-state index contributed by atoms with van der Waals surface area (Å²) >= 11 is 0. The van der Waals surface area contributed by atoms with Crippen LogP contribution in [0.25, 0.3) is 0 Å². The highest BCUT2D eigenvalue weighted by Crippen LogP contribution is 2.26. The summed E-state index contributed by atoms with van der Waals surface area (Å²) in [4.78, 5) is 43.7. The van der Waals surface area contributed by atoms with Gasteiger partial charge in [-0.3, -0.25) is 14.5 Å². The molecule has 0 aromatic heterocycles. The maximum atomic E-state index is 12.6. The lowest BCUT2D eigenvalue weighted by molar-refractivity contribution is -0.133. The fourth-order valence-corrected chi connectivity index (χ4v) is 4.73. The number of benzene rings is 1. The van der Waals surface area contributed by atoms with E-state index >= 15 is 0 Å². The van der Waals surface area contributed by atoms with E-state index in [0.717, 1.165) is 31.9 Å². The minimum absolute atomic E-state index is 0.00871. The predicted molar refractivity (Wildman–Crippen MR) is 118 cm³/mol. The average Bonchev–Trinajstić information content (AvgIpc) is 3.19. The van der Waals surface area contributed by atoms with Crippen molar-refractivity contribution in [3.8, 4) is 0 Å². The highest BCUT2D eigenvalue weighted by atomic mass is 16.2. The molecule has 9 heteroatoms. The van der Waals surface area contributed by atoms with Crippen molar-refractivity contribution >= 4 is 23.5 Å². The number of nitrogens with one attached hydrogen (secondary N) is 3. The molecular weight excluding hydrogens is 396 g/mol. The second-order valence-corrected chi connectivity index (χ2v) is 8.73. The third-order valence-electron chi connectivity index (χ3n) is 6.54. The summed E-state index contributed by atoms with van der Waals surface area (Å²) in [6, 6.07) is 8.78. The number of para-hydroxylation sites is 1. The monoisotopic (exact) mass is 428 g/mol. The van der Waals surface area contributed by atoms with Crippen LogP contribution < -0.4 is 16.0 Å². The maximum Gasteiger partial charge on any atom is 0.319 e.